The number of likely N-dealkylation sites (tertiary alicyclic amines) is 1. The van der Waals surface area contributed by atoms with Crippen molar-refractivity contribution in [1.82, 2.24) is 19.2 Å². The van der Waals surface area contributed by atoms with E-state index in [1.165, 1.54) is 23.5 Å². The minimum atomic E-state index is -3.81. The van der Waals surface area contributed by atoms with Gasteiger partial charge in [0.05, 0.1) is 11.4 Å². The second-order valence-corrected chi connectivity index (χ2v) is 11.0. The molecule has 3 aromatic rings. The Kier molecular flexibility index (Phi) is 6.69. The van der Waals surface area contributed by atoms with Gasteiger partial charge in [0.2, 0.25) is 10.0 Å². The lowest BCUT2D eigenvalue weighted by Gasteiger charge is -2.26. The number of aryl methyl sites for hydroxylation is 1. The summed E-state index contributed by atoms with van der Waals surface area (Å²) in [5.74, 6) is -0.377. The van der Waals surface area contributed by atoms with Crippen molar-refractivity contribution in [2.45, 2.75) is 44.6 Å². The van der Waals surface area contributed by atoms with Crippen molar-refractivity contribution in [3.05, 3.63) is 58.0 Å². The molecule has 0 radical (unpaired) electrons. The summed E-state index contributed by atoms with van der Waals surface area (Å²) in [6.07, 6.45) is 3.17. The van der Waals surface area contributed by atoms with E-state index < -0.39 is 10.0 Å². The fraction of sp³-hybridized carbons (Fsp3) is 0.391. The number of sulfonamides is 1. The number of carbonyl (C=O) groups is 1. The standard InChI is InChI=1S/C23H27FN4O3S2/c1-15-21(23(29)28-11-5-4-6-12-28)32-22(26-15)19-13-20(16(2)27(19)3)33(30,31)25-14-17-7-9-18(24)10-8-17/h7-10,13,25H,4-6,11-12,14H2,1-3H3. The number of carbonyl (C=O) groups excluding carboxylic acids is 1. The van der Waals surface area contributed by atoms with Crippen LogP contribution < -0.4 is 4.72 Å². The summed E-state index contributed by atoms with van der Waals surface area (Å²) in [6.45, 7) is 5.12. The summed E-state index contributed by atoms with van der Waals surface area (Å²) in [6, 6.07) is 7.27. The highest BCUT2D eigenvalue weighted by Crippen LogP contribution is 2.33. The number of halogens is 1. The largest absolute Gasteiger partial charge is 0.345 e. The van der Waals surface area contributed by atoms with Crippen LogP contribution in [-0.4, -0.2) is 41.9 Å². The summed E-state index contributed by atoms with van der Waals surface area (Å²) in [5, 5.41) is 0.610. The van der Waals surface area contributed by atoms with Crippen molar-refractivity contribution >= 4 is 27.3 Å². The van der Waals surface area contributed by atoms with E-state index in [1.807, 2.05) is 11.8 Å². The highest BCUT2D eigenvalue weighted by Gasteiger charge is 2.27. The average Bonchev–Trinajstić information content (AvgIpc) is 3.33. The van der Waals surface area contributed by atoms with E-state index in [2.05, 4.69) is 9.71 Å². The van der Waals surface area contributed by atoms with Crippen molar-refractivity contribution < 1.29 is 17.6 Å². The molecule has 1 amide bonds. The van der Waals surface area contributed by atoms with Gasteiger partial charge in [0.15, 0.2) is 0 Å². The Labute approximate surface area is 197 Å². The van der Waals surface area contributed by atoms with Crippen LogP contribution in [0.25, 0.3) is 10.7 Å². The van der Waals surface area contributed by atoms with Crippen LogP contribution in [-0.2, 0) is 23.6 Å². The molecule has 2 aromatic heterocycles. The molecule has 7 nitrogen and oxygen atoms in total. The number of aromatic nitrogens is 2. The van der Waals surface area contributed by atoms with Crippen molar-refractivity contribution in [3.63, 3.8) is 0 Å². The smallest absolute Gasteiger partial charge is 0.265 e. The molecule has 10 heteroatoms. The minimum Gasteiger partial charge on any atom is -0.345 e. The van der Waals surface area contributed by atoms with Gasteiger partial charge in [-0.25, -0.2) is 22.5 Å². The fourth-order valence-electron chi connectivity index (χ4n) is 3.95. The number of rotatable bonds is 6. The Hall–Kier alpha value is -2.56. The molecule has 1 fully saturated rings. The van der Waals surface area contributed by atoms with E-state index >= 15 is 0 Å². The highest BCUT2D eigenvalue weighted by molar-refractivity contribution is 7.89. The summed E-state index contributed by atoms with van der Waals surface area (Å²) in [5.41, 5.74) is 2.52. The number of nitrogens with one attached hydrogen (secondary N) is 1. The predicted octanol–water partition coefficient (Wildman–Crippen LogP) is 4.01. The number of thiazole rings is 1. The molecule has 1 aliphatic rings. The topological polar surface area (TPSA) is 84.3 Å². The van der Waals surface area contributed by atoms with Crippen LogP contribution in [0.1, 0.15) is 45.9 Å². The van der Waals surface area contributed by atoms with Crippen LogP contribution in [0.2, 0.25) is 0 Å². The van der Waals surface area contributed by atoms with Gasteiger partial charge < -0.3 is 9.47 Å². The van der Waals surface area contributed by atoms with Crippen LogP contribution in [0, 0.1) is 19.7 Å². The maximum Gasteiger partial charge on any atom is 0.265 e. The molecule has 33 heavy (non-hydrogen) atoms. The lowest BCUT2D eigenvalue weighted by Crippen LogP contribution is -2.35. The normalized spacial score (nSPS) is 14.6. The minimum absolute atomic E-state index is 0.00399. The Bertz CT molecular complexity index is 1270. The highest BCUT2D eigenvalue weighted by atomic mass is 32.2. The molecular formula is C23H27FN4O3S2. The molecule has 176 valence electrons. The third kappa shape index (κ3) is 4.87. The maximum atomic E-state index is 13.1. The SMILES string of the molecule is Cc1nc(-c2cc(S(=O)(=O)NCc3ccc(F)cc3)c(C)n2C)sc1C(=O)N1CCCCC1. The lowest BCUT2D eigenvalue weighted by molar-refractivity contribution is 0.0728. The molecular weight excluding hydrogens is 463 g/mol. The first-order valence-electron chi connectivity index (χ1n) is 10.8. The van der Waals surface area contributed by atoms with Gasteiger partial charge in [-0.15, -0.1) is 11.3 Å². The first-order chi connectivity index (χ1) is 15.7. The average molecular weight is 491 g/mol. The van der Waals surface area contributed by atoms with Gasteiger partial charge in [-0.05, 0) is 56.9 Å². The first-order valence-corrected chi connectivity index (χ1v) is 13.1. The van der Waals surface area contributed by atoms with Crippen LogP contribution in [0.5, 0.6) is 0 Å². The summed E-state index contributed by atoms with van der Waals surface area (Å²) in [7, 11) is -2.02. The van der Waals surface area contributed by atoms with E-state index in [-0.39, 0.29) is 23.2 Å². The van der Waals surface area contributed by atoms with Gasteiger partial charge in [-0.3, -0.25) is 4.79 Å². The quantitative estimate of drug-likeness (QED) is 0.566. The second-order valence-electron chi connectivity index (χ2n) is 8.28. The zero-order valence-corrected chi connectivity index (χ0v) is 20.5. The molecule has 1 N–H and O–H groups in total. The molecule has 0 atom stereocenters. The van der Waals surface area contributed by atoms with E-state index in [0.29, 0.717) is 32.5 Å². The predicted molar refractivity (Wildman–Crippen MR) is 126 cm³/mol. The Balaban J connectivity index is 1.59. The number of hydrogen-bond acceptors (Lipinski definition) is 5. The van der Waals surface area contributed by atoms with Crippen molar-refractivity contribution in [1.29, 1.82) is 0 Å². The van der Waals surface area contributed by atoms with Crippen LogP contribution in [0.15, 0.2) is 35.2 Å². The maximum absolute atomic E-state index is 13.1. The van der Waals surface area contributed by atoms with Gasteiger partial charge in [0.1, 0.15) is 20.6 Å². The van der Waals surface area contributed by atoms with Gasteiger partial charge in [-0.2, -0.15) is 0 Å². The summed E-state index contributed by atoms with van der Waals surface area (Å²) in [4.78, 5) is 20.2. The van der Waals surface area contributed by atoms with Gasteiger partial charge in [-0.1, -0.05) is 12.1 Å². The lowest BCUT2D eigenvalue weighted by atomic mass is 10.1. The van der Waals surface area contributed by atoms with Crippen LogP contribution in [0.3, 0.4) is 0 Å². The van der Waals surface area contributed by atoms with E-state index in [0.717, 1.165) is 32.4 Å². The van der Waals surface area contributed by atoms with Gasteiger partial charge in [0, 0.05) is 32.4 Å². The number of hydrogen-bond donors (Lipinski definition) is 1. The third-order valence-corrected chi connectivity index (χ3v) is 8.70. The molecule has 0 unspecified atom stereocenters. The van der Waals surface area contributed by atoms with Crippen LogP contribution >= 0.6 is 11.3 Å². The first kappa shape index (κ1) is 23.6. The Morgan fingerprint density at radius 1 is 1.15 bits per heavy atom. The molecule has 3 heterocycles. The Morgan fingerprint density at radius 3 is 2.48 bits per heavy atom. The molecule has 0 aliphatic carbocycles. The molecule has 1 aromatic carbocycles. The number of nitrogens with zero attached hydrogens (tertiary/aromatic N) is 3. The van der Waals surface area contributed by atoms with E-state index in [1.54, 1.807) is 36.7 Å². The Morgan fingerprint density at radius 2 is 1.82 bits per heavy atom. The summed E-state index contributed by atoms with van der Waals surface area (Å²) < 4.78 is 43.5. The van der Waals surface area contributed by atoms with Crippen molar-refractivity contribution in [3.8, 4) is 10.7 Å². The van der Waals surface area contributed by atoms with Gasteiger partial charge in [0.25, 0.3) is 5.91 Å². The fourth-order valence-corrected chi connectivity index (χ4v) is 6.34. The number of amides is 1. The van der Waals surface area contributed by atoms with Crippen LogP contribution in [0.4, 0.5) is 4.39 Å². The molecule has 0 bridgehead atoms. The molecule has 1 saturated heterocycles. The number of benzene rings is 1. The van der Waals surface area contributed by atoms with Gasteiger partial charge >= 0.3 is 0 Å². The zero-order chi connectivity index (χ0) is 23.8. The summed E-state index contributed by atoms with van der Waals surface area (Å²) >= 11 is 1.30. The van der Waals surface area contributed by atoms with Crippen molar-refractivity contribution in [2.75, 3.05) is 13.1 Å². The molecule has 0 spiro atoms. The monoisotopic (exact) mass is 490 g/mol. The number of piperidine rings is 1. The zero-order valence-electron chi connectivity index (χ0n) is 18.9. The van der Waals surface area contributed by atoms with Crippen molar-refractivity contribution in [2.24, 2.45) is 7.05 Å². The van der Waals surface area contributed by atoms with E-state index in [4.69, 9.17) is 0 Å². The second kappa shape index (κ2) is 9.36. The third-order valence-electron chi connectivity index (χ3n) is 6.01. The molecule has 4 rings (SSSR count). The van der Waals surface area contributed by atoms with E-state index in [9.17, 15) is 17.6 Å². The molecule has 0 saturated carbocycles. The molecule has 1 aliphatic heterocycles.